The average molecular weight is 474 g/mol. The topological polar surface area (TPSA) is 106 Å². The molecule has 2 aromatic heterocycles. The molecule has 0 aliphatic rings. The number of nitrogens with one attached hydrogen (secondary N) is 2. The number of amides is 1. The van der Waals surface area contributed by atoms with Crippen molar-refractivity contribution in [1.29, 1.82) is 0 Å². The molecule has 2 N–H and O–H groups in total. The molecule has 158 valence electrons. The summed E-state index contributed by atoms with van der Waals surface area (Å²) >= 11 is 7.46. The van der Waals surface area contributed by atoms with E-state index in [1.165, 1.54) is 22.2 Å². The molecule has 8 nitrogen and oxygen atoms in total. The van der Waals surface area contributed by atoms with Gasteiger partial charge in [-0.15, -0.1) is 11.3 Å². The van der Waals surface area contributed by atoms with Gasteiger partial charge in [0.15, 0.2) is 5.13 Å². The van der Waals surface area contributed by atoms with Gasteiger partial charge in [-0.1, -0.05) is 35.9 Å². The Bertz CT molecular complexity index is 1350. The van der Waals surface area contributed by atoms with E-state index in [2.05, 4.69) is 20.1 Å². The van der Waals surface area contributed by atoms with Crippen molar-refractivity contribution in [2.24, 2.45) is 0 Å². The number of aromatic nitrogens is 3. The summed E-state index contributed by atoms with van der Waals surface area (Å²) in [4.78, 5) is 17.0. The third-order valence-corrected chi connectivity index (χ3v) is 5.84. The summed E-state index contributed by atoms with van der Waals surface area (Å²) in [5.41, 5.74) is 2.97. The fourth-order valence-electron chi connectivity index (χ4n) is 2.77. The molecule has 0 radical (unpaired) electrons. The molecule has 4 aromatic rings. The Kier molecular flexibility index (Phi) is 5.77. The summed E-state index contributed by atoms with van der Waals surface area (Å²) in [6, 6.07) is 14.0. The van der Waals surface area contributed by atoms with Crippen molar-refractivity contribution in [3.8, 4) is 16.9 Å². The van der Waals surface area contributed by atoms with Gasteiger partial charge in [0.05, 0.1) is 34.4 Å². The van der Waals surface area contributed by atoms with Crippen LogP contribution in [0.15, 0.2) is 66.3 Å². The molecule has 4 rings (SSSR count). The van der Waals surface area contributed by atoms with E-state index in [9.17, 15) is 13.2 Å². The van der Waals surface area contributed by atoms with Crippen molar-refractivity contribution in [3.63, 3.8) is 0 Å². The molecule has 0 aliphatic heterocycles. The molecule has 0 spiro atoms. The van der Waals surface area contributed by atoms with Crippen LogP contribution < -0.4 is 10.0 Å². The van der Waals surface area contributed by atoms with E-state index in [4.69, 9.17) is 11.6 Å². The van der Waals surface area contributed by atoms with Crippen LogP contribution in [0.25, 0.3) is 16.9 Å². The van der Waals surface area contributed by atoms with Crippen LogP contribution in [-0.2, 0) is 10.0 Å². The lowest BCUT2D eigenvalue weighted by molar-refractivity contribution is 0.102. The van der Waals surface area contributed by atoms with Gasteiger partial charge in [-0.2, -0.15) is 5.10 Å². The number of para-hydroxylation sites is 1. The Morgan fingerprint density at radius 3 is 2.58 bits per heavy atom. The molecule has 1 amide bonds. The number of benzene rings is 2. The van der Waals surface area contributed by atoms with Gasteiger partial charge in [0.1, 0.15) is 0 Å². The van der Waals surface area contributed by atoms with Gasteiger partial charge in [-0.25, -0.2) is 18.1 Å². The number of sulfonamides is 1. The molecule has 2 aromatic carbocycles. The monoisotopic (exact) mass is 473 g/mol. The molecular weight excluding hydrogens is 458 g/mol. The summed E-state index contributed by atoms with van der Waals surface area (Å²) in [5.74, 6) is -0.341. The minimum absolute atomic E-state index is 0.341. The highest BCUT2D eigenvalue weighted by Crippen LogP contribution is 2.27. The highest BCUT2D eigenvalue weighted by molar-refractivity contribution is 7.92. The summed E-state index contributed by atoms with van der Waals surface area (Å²) in [7, 11) is -3.33. The van der Waals surface area contributed by atoms with E-state index < -0.39 is 10.0 Å². The standard InChI is InChI=1S/C20H16ClN5O3S2/c1-31(28,29)25-15-8-6-13(7-9-15)17-12-30-20(23-17)24-19(27)14-10-22-26(11-14)18-5-3-2-4-16(18)21/h2-12,25H,1H3,(H,23,24,27). The van der Waals surface area contributed by atoms with Gasteiger partial charge in [-0.3, -0.25) is 14.8 Å². The van der Waals surface area contributed by atoms with Crippen LogP contribution in [0.1, 0.15) is 10.4 Å². The van der Waals surface area contributed by atoms with Crippen molar-refractivity contribution in [2.45, 2.75) is 0 Å². The number of carbonyl (C=O) groups excluding carboxylic acids is 1. The van der Waals surface area contributed by atoms with E-state index in [1.807, 2.05) is 17.5 Å². The van der Waals surface area contributed by atoms with Crippen LogP contribution in [-0.4, -0.2) is 35.3 Å². The molecule has 0 saturated carbocycles. The number of anilines is 2. The first kappa shape index (κ1) is 21.0. The summed E-state index contributed by atoms with van der Waals surface area (Å²) < 4.78 is 26.6. The van der Waals surface area contributed by atoms with Crippen molar-refractivity contribution in [2.75, 3.05) is 16.3 Å². The number of hydrogen-bond acceptors (Lipinski definition) is 6. The second kappa shape index (κ2) is 8.50. The van der Waals surface area contributed by atoms with Crippen molar-refractivity contribution < 1.29 is 13.2 Å². The number of nitrogens with zero attached hydrogens (tertiary/aromatic N) is 3. The molecule has 0 unspecified atom stereocenters. The highest BCUT2D eigenvalue weighted by Gasteiger charge is 2.13. The maximum atomic E-state index is 12.6. The number of hydrogen-bond donors (Lipinski definition) is 2. The Hall–Kier alpha value is -3.21. The van der Waals surface area contributed by atoms with E-state index >= 15 is 0 Å². The molecule has 0 saturated heterocycles. The second-order valence-electron chi connectivity index (χ2n) is 6.57. The fraction of sp³-hybridized carbons (Fsp3) is 0.0500. The Balaban J connectivity index is 1.46. The smallest absolute Gasteiger partial charge is 0.260 e. The average Bonchev–Trinajstić information content (AvgIpc) is 3.38. The van der Waals surface area contributed by atoms with Crippen LogP contribution in [0.5, 0.6) is 0 Å². The minimum atomic E-state index is -3.33. The van der Waals surface area contributed by atoms with Gasteiger partial charge < -0.3 is 0 Å². The largest absolute Gasteiger partial charge is 0.298 e. The predicted molar refractivity (Wildman–Crippen MR) is 123 cm³/mol. The SMILES string of the molecule is CS(=O)(=O)Nc1ccc(-c2csc(NC(=O)c3cnn(-c4ccccc4Cl)c3)n2)cc1. The van der Waals surface area contributed by atoms with Gasteiger partial charge in [0.25, 0.3) is 5.91 Å². The molecule has 0 fully saturated rings. The van der Waals surface area contributed by atoms with Gasteiger partial charge in [0.2, 0.25) is 10.0 Å². The van der Waals surface area contributed by atoms with Gasteiger partial charge >= 0.3 is 0 Å². The highest BCUT2D eigenvalue weighted by atomic mass is 35.5. The van der Waals surface area contributed by atoms with Gasteiger partial charge in [-0.05, 0) is 24.3 Å². The van der Waals surface area contributed by atoms with Crippen molar-refractivity contribution >= 4 is 49.7 Å². The Morgan fingerprint density at radius 2 is 1.87 bits per heavy atom. The quantitative estimate of drug-likeness (QED) is 0.435. The number of rotatable bonds is 6. The molecule has 2 heterocycles. The number of carbonyl (C=O) groups is 1. The normalized spacial score (nSPS) is 11.3. The summed E-state index contributed by atoms with van der Waals surface area (Å²) in [6.07, 6.45) is 4.15. The first-order chi connectivity index (χ1) is 14.8. The lowest BCUT2D eigenvalue weighted by Gasteiger charge is -2.04. The number of thiazole rings is 1. The Morgan fingerprint density at radius 1 is 1.13 bits per heavy atom. The van der Waals surface area contributed by atoms with E-state index in [0.717, 1.165) is 11.8 Å². The van der Waals surface area contributed by atoms with E-state index in [0.29, 0.717) is 32.8 Å². The summed E-state index contributed by atoms with van der Waals surface area (Å²) in [5, 5.41) is 9.73. The maximum Gasteiger partial charge on any atom is 0.260 e. The van der Waals surface area contributed by atoms with Crippen molar-refractivity contribution in [1.82, 2.24) is 14.8 Å². The first-order valence-electron chi connectivity index (χ1n) is 8.93. The van der Waals surface area contributed by atoms with Crippen LogP contribution in [0.4, 0.5) is 10.8 Å². The zero-order chi connectivity index (χ0) is 22.0. The van der Waals surface area contributed by atoms with E-state index in [1.54, 1.807) is 42.6 Å². The lowest BCUT2D eigenvalue weighted by Crippen LogP contribution is -2.10. The third-order valence-electron chi connectivity index (χ3n) is 4.15. The minimum Gasteiger partial charge on any atom is -0.298 e. The first-order valence-corrected chi connectivity index (χ1v) is 12.1. The molecule has 31 heavy (non-hydrogen) atoms. The molecule has 0 aliphatic carbocycles. The zero-order valence-electron chi connectivity index (χ0n) is 16.1. The molecule has 0 bridgehead atoms. The number of halogens is 1. The van der Waals surface area contributed by atoms with Gasteiger partial charge in [0, 0.05) is 22.8 Å². The molecule has 0 atom stereocenters. The van der Waals surface area contributed by atoms with E-state index in [-0.39, 0.29) is 5.91 Å². The zero-order valence-corrected chi connectivity index (χ0v) is 18.5. The fourth-order valence-corrected chi connectivity index (χ4v) is 4.27. The van der Waals surface area contributed by atoms with Crippen LogP contribution >= 0.6 is 22.9 Å². The lowest BCUT2D eigenvalue weighted by atomic mass is 10.1. The molecular formula is C20H16ClN5O3S2. The van der Waals surface area contributed by atoms with Crippen LogP contribution in [0, 0.1) is 0 Å². The predicted octanol–water partition coefficient (Wildman–Crippen LogP) is 4.27. The third kappa shape index (κ3) is 5.10. The maximum absolute atomic E-state index is 12.6. The Labute approximate surface area is 187 Å². The second-order valence-corrected chi connectivity index (χ2v) is 9.58. The van der Waals surface area contributed by atoms with Crippen LogP contribution in [0.2, 0.25) is 5.02 Å². The van der Waals surface area contributed by atoms with Crippen LogP contribution in [0.3, 0.4) is 0 Å². The van der Waals surface area contributed by atoms with Crippen molar-refractivity contribution in [3.05, 3.63) is 76.9 Å². The molecule has 11 heteroatoms. The summed E-state index contributed by atoms with van der Waals surface area (Å²) in [6.45, 7) is 0.